The Hall–Kier alpha value is -3.39. The topological polar surface area (TPSA) is 125 Å². The molecule has 4 N–H and O–H groups in total. The molecule has 0 radical (unpaired) electrons. The molecule has 8 nitrogen and oxygen atoms in total. The molecule has 1 aliphatic carbocycles. The average molecular weight is 469 g/mol. The highest BCUT2D eigenvalue weighted by Crippen LogP contribution is 2.44. The van der Waals surface area contributed by atoms with E-state index in [1.807, 2.05) is 36.4 Å². The van der Waals surface area contributed by atoms with Gasteiger partial charge in [0.25, 0.3) is 0 Å². The van der Waals surface area contributed by atoms with Gasteiger partial charge < -0.3 is 25.6 Å². The zero-order valence-electron chi connectivity index (χ0n) is 19.8. The molecule has 0 saturated heterocycles. The molecule has 2 amide bonds. The second kappa shape index (κ2) is 10.7. The number of aliphatic hydroxyl groups is 1. The molecule has 4 atom stereocenters. The van der Waals surface area contributed by atoms with Gasteiger partial charge in [0.2, 0.25) is 5.91 Å². The maximum absolute atomic E-state index is 12.8. The van der Waals surface area contributed by atoms with E-state index < -0.39 is 42.1 Å². The van der Waals surface area contributed by atoms with Crippen LogP contribution in [0.15, 0.2) is 48.5 Å². The third-order valence-corrected chi connectivity index (χ3v) is 6.30. The Morgan fingerprint density at radius 2 is 1.44 bits per heavy atom. The predicted molar refractivity (Wildman–Crippen MR) is 127 cm³/mol. The summed E-state index contributed by atoms with van der Waals surface area (Å²) in [4.78, 5) is 36.8. The van der Waals surface area contributed by atoms with E-state index in [0.29, 0.717) is 0 Å². The standard InChI is InChI=1S/C26H32N2O6/c1-14(2)22(24(30)28-23(16(4)29)25(31)32)15(3)27-26(33)34-13-21-19-11-7-5-9-17(19)18-10-6-8-12-20(18)21/h5-12,14-16,21-23,29H,13H2,1-4H3,(H,27,33)(H,28,30)(H,31,32)/t15?,16-,22?,23+/m1/s1. The number of hydrogen-bond acceptors (Lipinski definition) is 5. The summed E-state index contributed by atoms with van der Waals surface area (Å²) in [5, 5.41) is 24.0. The van der Waals surface area contributed by atoms with Crippen LogP contribution in [0.25, 0.3) is 11.1 Å². The van der Waals surface area contributed by atoms with E-state index in [2.05, 4.69) is 22.8 Å². The van der Waals surface area contributed by atoms with E-state index in [9.17, 15) is 24.6 Å². The summed E-state index contributed by atoms with van der Waals surface area (Å²) < 4.78 is 5.56. The lowest BCUT2D eigenvalue weighted by molar-refractivity contribution is -0.146. The Labute approximate surface area is 199 Å². The molecule has 0 saturated carbocycles. The Morgan fingerprint density at radius 3 is 1.91 bits per heavy atom. The smallest absolute Gasteiger partial charge is 0.407 e. The second-order valence-electron chi connectivity index (χ2n) is 9.09. The van der Waals surface area contributed by atoms with Gasteiger partial charge in [-0.25, -0.2) is 9.59 Å². The molecule has 0 heterocycles. The number of rotatable bonds is 9. The molecule has 3 rings (SSSR count). The first-order valence-electron chi connectivity index (χ1n) is 11.4. The maximum Gasteiger partial charge on any atom is 0.407 e. The summed E-state index contributed by atoms with van der Waals surface area (Å²) in [6.45, 7) is 6.72. The van der Waals surface area contributed by atoms with Crippen LogP contribution in [0.4, 0.5) is 4.79 Å². The molecule has 8 heteroatoms. The van der Waals surface area contributed by atoms with Crippen molar-refractivity contribution in [3.8, 4) is 11.1 Å². The van der Waals surface area contributed by atoms with Crippen molar-refractivity contribution in [2.75, 3.05) is 6.61 Å². The summed E-state index contributed by atoms with van der Waals surface area (Å²) in [5.41, 5.74) is 4.45. The number of aliphatic carboxylic acids is 1. The fraction of sp³-hybridized carbons (Fsp3) is 0.423. The SMILES string of the molecule is CC(C)C(C(=O)N[C@H](C(=O)O)[C@@H](C)O)C(C)NC(=O)OCC1c2ccccc2-c2ccccc21. The second-order valence-corrected chi connectivity index (χ2v) is 9.09. The minimum atomic E-state index is -1.43. The number of carboxylic acids is 1. The largest absolute Gasteiger partial charge is 0.480 e. The van der Waals surface area contributed by atoms with Gasteiger partial charge >= 0.3 is 12.1 Å². The lowest BCUT2D eigenvalue weighted by atomic mass is 9.88. The summed E-state index contributed by atoms with van der Waals surface area (Å²) >= 11 is 0. The summed E-state index contributed by atoms with van der Waals surface area (Å²) in [6, 6.07) is 14.0. The van der Waals surface area contributed by atoms with Crippen molar-refractivity contribution >= 4 is 18.0 Å². The summed E-state index contributed by atoms with van der Waals surface area (Å²) in [5.74, 6) is -2.90. The van der Waals surface area contributed by atoms with Crippen LogP contribution in [-0.4, -0.2) is 53.0 Å². The van der Waals surface area contributed by atoms with Crippen LogP contribution in [0, 0.1) is 11.8 Å². The minimum Gasteiger partial charge on any atom is -0.480 e. The van der Waals surface area contributed by atoms with Crippen molar-refractivity contribution in [3.05, 3.63) is 59.7 Å². The number of carbonyl (C=O) groups excluding carboxylic acids is 2. The Morgan fingerprint density at radius 1 is 0.912 bits per heavy atom. The molecular formula is C26H32N2O6. The molecule has 0 bridgehead atoms. The third kappa shape index (κ3) is 5.39. The van der Waals surface area contributed by atoms with Gasteiger partial charge in [0.15, 0.2) is 6.04 Å². The van der Waals surface area contributed by atoms with Crippen molar-refractivity contribution in [1.82, 2.24) is 10.6 Å². The first-order valence-corrected chi connectivity index (χ1v) is 11.4. The highest BCUT2D eigenvalue weighted by atomic mass is 16.5. The first-order chi connectivity index (χ1) is 16.1. The lowest BCUT2D eigenvalue weighted by Crippen LogP contribution is -2.54. The fourth-order valence-corrected chi connectivity index (χ4v) is 4.66. The molecular weight excluding hydrogens is 436 g/mol. The molecule has 2 aromatic carbocycles. The van der Waals surface area contributed by atoms with Crippen molar-refractivity contribution < 1.29 is 29.3 Å². The number of fused-ring (bicyclic) bond motifs is 3. The Bertz CT molecular complexity index is 1010. The van der Waals surface area contributed by atoms with Crippen molar-refractivity contribution in [3.63, 3.8) is 0 Å². The Kier molecular flexibility index (Phi) is 7.94. The number of amides is 2. The number of carboxylic acid groups (broad SMARTS) is 1. The van der Waals surface area contributed by atoms with Gasteiger partial charge in [-0.15, -0.1) is 0 Å². The van der Waals surface area contributed by atoms with Crippen molar-refractivity contribution in [1.29, 1.82) is 0 Å². The molecule has 182 valence electrons. The highest BCUT2D eigenvalue weighted by molar-refractivity contribution is 5.86. The number of benzene rings is 2. The third-order valence-electron chi connectivity index (χ3n) is 6.30. The molecule has 2 aromatic rings. The lowest BCUT2D eigenvalue weighted by Gasteiger charge is -2.29. The van der Waals surface area contributed by atoms with Gasteiger partial charge in [0.05, 0.1) is 12.0 Å². The van der Waals surface area contributed by atoms with Gasteiger partial charge in [-0.2, -0.15) is 0 Å². The number of alkyl carbamates (subject to hydrolysis) is 1. The van der Waals surface area contributed by atoms with E-state index in [1.165, 1.54) is 6.92 Å². The van der Waals surface area contributed by atoms with Crippen molar-refractivity contribution in [2.24, 2.45) is 11.8 Å². The van der Waals surface area contributed by atoms with Crippen LogP contribution in [-0.2, 0) is 14.3 Å². The normalized spacial score (nSPS) is 16.1. The molecule has 0 fully saturated rings. The van der Waals surface area contributed by atoms with Crippen LogP contribution in [0.2, 0.25) is 0 Å². The van der Waals surface area contributed by atoms with Gasteiger partial charge in [-0.05, 0) is 42.0 Å². The molecule has 34 heavy (non-hydrogen) atoms. The van der Waals surface area contributed by atoms with Gasteiger partial charge in [0.1, 0.15) is 6.61 Å². The van der Waals surface area contributed by atoms with Crippen LogP contribution in [0.1, 0.15) is 44.7 Å². The van der Waals surface area contributed by atoms with Gasteiger partial charge in [0, 0.05) is 12.0 Å². The van der Waals surface area contributed by atoms with Crippen molar-refractivity contribution in [2.45, 2.75) is 51.8 Å². The zero-order valence-corrected chi connectivity index (χ0v) is 19.8. The number of aliphatic hydroxyl groups excluding tert-OH is 1. The predicted octanol–water partition coefficient (Wildman–Crippen LogP) is 3.14. The summed E-state index contributed by atoms with van der Waals surface area (Å²) in [6.07, 6.45) is -1.92. The van der Waals surface area contributed by atoms with E-state index in [0.717, 1.165) is 22.3 Å². The fourth-order valence-electron chi connectivity index (χ4n) is 4.66. The van der Waals surface area contributed by atoms with E-state index in [4.69, 9.17) is 4.74 Å². The van der Waals surface area contributed by atoms with Gasteiger partial charge in [-0.1, -0.05) is 62.4 Å². The van der Waals surface area contributed by atoms with Crippen LogP contribution < -0.4 is 10.6 Å². The summed E-state index contributed by atoms with van der Waals surface area (Å²) in [7, 11) is 0. The Balaban J connectivity index is 1.65. The van der Waals surface area contributed by atoms with Gasteiger partial charge in [-0.3, -0.25) is 4.79 Å². The molecule has 0 aromatic heterocycles. The van der Waals surface area contributed by atoms with Crippen LogP contribution in [0.3, 0.4) is 0 Å². The quantitative estimate of drug-likeness (QED) is 0.448. The van der Waals surface area contributed by atoms with Crippen LogP contribution in [0.5, 0.6) is 0 Å². The maximum atomic E-state index is 12.8. The average Bonchev–Trinajstić information content (AvgIpc) is 3.09. The number of ether oxygens (including phenoxy) is 1. The van der Waals surface area contributed by atoms with E-state index >= 15 is 0 Å². The first kappa shape index (κ1) is 25.2. The monoisotopic (exact) mass is 468 g/mol. The zero-order chi connectivity index (χ0) is 25.0. The minimum absolute atomic E-state index is 0.0833. The number of nitrogens with one attached hydrogen (secondary N) is 2. The number of carbonyl (C=O) groups is 3. The van der Waals surface area contributed by atoms with E-state index in [1.54, 1.807) is 20.8 Å². The van der Waals surface area contributed by atoms with Crippen LogP contribution >= 0.6 is 0 Å². The molecule has 0 aliphatic heterocycles. The highest BCUT2D eigenvalue weighted by Gasteiger charge is 2.34. The van der Waals surface area contributed by atoms with E-state index in [-0.39, 0.29) is 18.4 Å². The molecule has 0 spiro atoms. The molecule has 1 aliphatic rings. The number of hydrogen-bond donors (Lipinski definition) is 4. The molecule has 2 unspecified atom stereocenters.